The van der Waals surface area contributed by atoms with Gasteiger partial charge in [-0.25, -0.2) is 0 Å². The van der Waals surface area contributed by atoms with Crippen LogP contribution < -0.4 is 10.1 Å². The molecule has 30 heavy (non-hydrogen) atoms. The van der Waals surface area contributed by atoms with Gasteiger partial charge in [0.05, 0.1) is 6.10 Å². The third-order valence-corrected chi connectivity index (χ3v) is 7.80. The van der Waals surface area contributed by atoms with E-state index in [9.17, 15) is 0 Å². The number of likely N-dealkylation sites (tertiary alicyclic amines) is 1. The van der Waals surface area contributed by atoms with E-state index in [4.69, 9.17) is 4.74 Å². The first-order chi connectivity index (χ1) is 14.5. The van der Waals surface area contributed by atoms with Crippen LogP contribution in [0, 0.1) is 11.8 Å². The number of benzene rings is 1. The minimum atomic E-state index is 0.227. The zero-order chi connectivity index (χ0) is 21.3. The average molecular weight is 480 g/mol. The van der Waals surface area contributed by atoms with Gasteiger partial charge in [-0.2, -0.15) is 0 Å². The zero-order valence-corrected chi connectivity index (χ0v) is 21.1. The fourth-order valence-corrected chi connectivity index (χ4v) is 5.73. The van der Waals surface area contributed by atoms with E-state index in [2.05, 4.69) is 65.1 Å². The van der Waals surface area contributed by atoms with Crippen molar-refractivity contribution < 1.29 is 4.74 Å². The van der Waals surface area contributed by atoms with E-state index in [0.717, 1.165) is 30.2 Å². The van der Waals surface area contributed by atoms with Crippen LogP contribution in [-0.2, 0) is 6.42 Å². The Hall–Kier alpha value is -0.580. The van der Waals surface area contributed by atoms with E-state index in [-0.39, 0.29) is 6.10 Å². The Labute approximate surface area is 193 Å². The fraction of sp³-hybridized carbons (Fsp3) is 0.769. The molecule has 1 heterocycles. The number of rotatable bonds is 10. The highest BCUT2D eigenvalue weighted by Gasteiger charge is 2.22. The summed E-state index contributed by atoms with van der Waals surface area (Å²) in [6, 6.07) is 7.25. The molecule has 1 saturated carbocycles. The minimum absolute atomic E-state index is 0.227. The van der Waals surface area contributed by atoms with Gasteiger partial charge in [0.2, 0.25) is 0 Å². The van der Waals surface area contributed by atoms with Crippen molar-refractivity contribution in [3.63, 3.8) is 0 Å². The molecule has 1 aromatic rings. The van der Waals surface area contributed by atoms with Gasteiger partial charge in [0.1, 0.15) is 5.75 Å². The monoisotopic (exact) mass is 478 g/mol. The van der Waals surface area contributed by atoms with Crippen molar-refractivity contribution in [2.75, 3.05) is 26.2 Å². The highest BCUT2D eigenvalue weighted by Crippen LogP contribution is 2.30. The molecule has 0 aromatic heterocycles. The summed E-state index contributed by atoms with van der Waals surface area (Å²) in [4.78, 5) is 2.72. The number of hydrogen-bond donors (Lipinski definition) is 1. The molecular weight excluding hydrogens is 436 g/mol. The van der Waals surface area contributed by atoms with Gasteiger partial charge in [-0.05, 0) is 133 Å². The molecule has 0 atom stereocenters. The fourth-order valence-electron chi connectivity index (χ4n) is 5.33. The molecule has 0 radical (unpaired) electrons. The average Bonchev–Trinajstić information content (AvgIpc) is 2.73. The maximum Gasteiger partial charge on any atom is 0.120 e. The molecule has 2 aliphatic rings. The van der Waals surface area contributed by atoms with Crippen molar-refractivity contribution in [2.45, 2.75) is 90.7 Å². The van der Waals surface area contributed by atoms with Crippen LogP contribution in [-0.4, -0.2) is 43.2 Å². The second-order valence-corrected chi connectivity index (χ2v) is 10.7. The first-order valence-electron chi connectivity index (χ1n) is 12.4. The molecule has 1 aliphatic heterocycles. The van der Waals surface area contributed by atoms with Gasteiger partial charge in [-0.15, -0.1) is 0 Å². The van der Waals surface area contributed by atoms with Gasteiger partial charge in [0.25, 0.3) is 0 Å². The molecular formula is C26H43BrN2O. The maximum atomic E-state index is 5.90. The lowest BCUT2D eigenvalue weighted by atomic mass is 9.83. The molecule has 3 nitrogen and oxygen atoms in total. The van der Waals surface area contributed by atoms with Gasteiger partial charge in [0, 0.05) is 10.5 Å². The summed E-state index contributed by atoms with van der Waals surface area (Å²) >= 11 is 3.75. The van der Waals surface area contributed by atoms with Crippen LogP contribution in [0.3, 0.4) is 0 Å². The Balaban J connectivity index is 1.33. The smallest absolute Gasteiger partial charge is 0.120 e. The summed E-state index contributed by atoms with van der Waals surface area (Å²) in [6.45, 7) is 11.4. The number of halogens is 1. The van der Waals surface area contributed by atoms with Crippen LogP contribution >= 0.6 is 15.9 Å². The second-order valence-electron chi connectivity index (χ2n) is 9.83. The van der Waals surface area contributed by atoms with Crippen LogP contribution in [0.2, 0.25) is 0 Å². The molecule has 0 spiro atoms. The van der Waals surface area contributed by atoms with Crippen molar-refractivity contribution in [1.29, 1.82) is 0 Å². The predicted molar refractivity (Wildman–Crippen MR) is 131 cm³/mol. The van der Waals surface area contributed by atoms with E-state index in [0.29, 0.717) is 0 Å². The molecule has 1 aromatic carbocycles. The van der Waals surface area contributed by atoms with Gasteiger partial charge >= 0.3 is 0 Å². The standard InChI is InChI=1S/C26H43BrN2O/c1-4-28-24-9-7-21(8-10-24)6-5-15-29-16-13-22(14-17-29)18-23-19-25(30-20(2)3)11-12-26(23)27/h11-12,19-22,24,28H,4-10,13-18H2,1-3H3. The number of nitrogens with one attached hydrogen (secondary N) is 1. The summed E-state index contributed by atoms with van der Waals surface area (Å²) in [5, 5.41) is 3.63. The van der Waals surface area contributed by atoms with E-state index >= 15 is 0 Å². The third-order valence-electron chi connectivity index (χ3n) is 7.03. The van der Waals surface area contributed by atoms with Crippen LogP contribution in [0.25, 0.3) is 0 Å². The maximum absolute atomic E-state index is 5.90. The molecule has 170 valence electrons. The lowest BCUT2D eigenvalue weighted by Crippen LogP contribution is -2.35. The first-order valence-corrected chi connectivity index (χ1v) is 13.2. The Kier molecular flexibility index (Phi) is 9.99. The third kappa shape index (κ3) is 7.84. The van der Waals surface area contributed by atoms with Crippen LogP contribution in [0.4, 0.5) is 0 Å². The first kappa shape index (κ1) is 24.1. The Morgan fingerprint density at radius 3 is 2.47 bits per heavy atom. The van der Waals surface area contributed by atoms with Crippen molar-refractivity contribution >= 4 is 15.9 Å². The molecule has 2 fully saturated rings. The second kappa shape index (κ2) is 12.5. The number of nitrogens with zero attached hydrogens (tertiary/aromatic N) is 1. The Bertz CT molecular complexity index is 619. The number of piperidine rings is 1. The summed E-state index contributed by atoms with van der Waals surface area (Å²) in [5.74, 6) is 2.78. The molecule has 3 rings (SSSR count). The summed E-state index contributed by atoms with van der Waals surface area (Å²) < 4.78 is 7.12. The van der Waals surface area contributed by atoms with Crippen molar-refractivity contribution in [3.8, 4) is 5.75 Å². The van der Waals surface area contributed by atoms with Crippen LogP contribution in [0.15, 0.2) is 22.7 Å². The SMILES string of the molecule is CCNC1CCC(CCCN2CCC(Cc3cc(OC(C)C)ccc3Br)CC2)CC1. The minimum Gasteiger partial charge on any atom is -0.491 e. The predicted octanol–water partition coefficient (Wildman–Crippen LogP) is 6.44. The van der Waals surface area contributed by atoms with E-state index < -0.39 is 0 Å². The molecule has 0 bridgehead atoms. The molecule has 1 N–H and O–H groups in total. The molecule has 0 amide bonds. The van der Waals surface area contributed by atoms with Gasteiger partial charge in [-0.1, -0.05) is 22.9 Å². The lowest BCUT2D eigenvalue weighted by molar-refractivity contribution is 0.174. The van der Waals surface area contributed by atoms with E-state index in [1.165, 1.54) is 87.5 Å². The summed E-state index contributed by atoms with van der Waals surface area (Å²) in [5.41, 5.74) is 1.40. The highest BCUT2D eigenvalue weighted by molar-refractivity contribution is 9.10. The van der Waals surface area contributed by atoms with Gasteiger partial charge in [0.15, 0.2) is 0 Å². The number of ether oxygens (including phenoxy) is 1. The van der Waals surface area contributed by atoms with Crippen molar-refractivity contribution in [1.82, 2.24) is 10.2 Å². The Morgan fingerprint density at radius 1 is 1.07 bits per heavy atom. The summed E-state index contributed by atoms with van der Waals surface area (Å²) in [7, 11) is 0. The van der Waals surface area contributed by atoms with Crippen LogP contribution in [0.5, 0.6) is 5.75 Å². The number of hydrogen-bond acceptors (Lipinski definition) is 3. The normalized spacial score (nSPS) is 23.8. The summed E-state index contributed by atoms with van der Waals surface area (Å²) in [6.07, 6.45) is 12.5. The quantitative estimate of drug-likeness (QED) is 0.418. The lowest BCUT2D eigenvalue weighted by Gasteiger charge is -2.33. The van der Waals surface area contributed by atoms with E-state index in [1.54, 1.807) is 0 Å². The molecule has 1 aliphatic carbocycles. The Morgan fingerprint density at radius 2 is 1.80 bits per heavy atom. The van der Waals surface area contributed by atoms with Crippen molar-refractivity contribution in [2.24, 2.45) is 11.8 Å². The highest BCUT2D eigenvalue weighted by atomic mass is 79.9. The van der Waals surface area contributed by atoms with Gasteiger partial charge < -0.3 is 15.0 Å². The molecule has 0 unspecified atom stereocenters. The molecule has 4 heteroatoms. The molecule has 1 saturated heterocycles. The van der Waals surface area contributed by atoms with E-state index in [1.807, 2.05) is 0 Å². The van der Waals surface area contributed by atoms with Crippen LogP contribution in [0.1, 0.15) is 77.7 Å². The largest absolute Gasteiger partial charge is 0.491 e. The van der Waals surface area contributed by atoms with Crippen molar-refractivity contribution in [3.05, 3.63) is 28.2 Å². The van der Waals surface area contributed by atoms with Gasteiger partial charge in [-0.3, -0.25) is 0 Å². The zero-order valence-electron chi connectivity index (χ0n) is 19.5. The topological polar surface area (TPSA) is 24.5 Å².